The average Bonchev–Trinajstić information content (AvgIpc) is 3.17. The molecule has 0 saturated heterocycles. The second-order valence-electron chi connectivity index (χ2n) is 4.98. The molecule has 1 atom stereocenters. The monoisotopic (exact) mass is 286 g/mol. The Hall–Kier alpha value is -2.70. The number of aromatic nitrogens is 3. The summed E-state index contributed by atoms with van der Waals surface area (Å²) in [6.07, 6.45) is 6.55. The summed E-state index contributed by atoms with van der Waals surface area (Å²) in [6.45, 7) is 0. The fraction of sp³-hybridized carbons (Fsp3) is 0.286. The number of rotatable bonds is 5. The second-order valence-corrected chi connectivity index (χ2v) is 4.98. The van der Waals surface area contributed by atoms with Gasteiger partial charge in [-0.2, -0.15) is 5.10 Å². The van der Waals surface area contributed by atoms with Crippen molar-refractivity contribution >= 4 is 11.9 Å². The molecule has 1 saturated carbocycles. The first-order valence-electron chi connectivity index (χ1n) is 6.65. The molecule has 1 aliphatic carbocycles. The summed E-state index contributed by atoms with van der Waals surface area (Å²) in [5.74, 6) is -1.46. The Balaban J connectivity index is 1.78. The van der Waals surface area contributed by atoms with E-state index >= 15 is 0 Å². The maximum Gasteiger partial charge on any atom is 0.326 e. The van der Waals surface area contributed by atoms with Crippen LogP contribution in [0.3, 0.4) is 0 Å². The lowest BCUT2D eigenvalue weighted by Crippen LogP contribution is -2.42. The highest BCUT2D eigenvalue weighted by Crippen LogP contribution is 2.32. The molecule has 1 unspecified atom stereocenters. The lowest BCUT2D eigenvalue weighted by Gasteiger charge is -2.13. The van der Waals surface area contributed by atoms with Crippen molar-refractivity contribution in [1.29, 1.82) is 0 Å². The van der Waals surface area contributed by atoms with Crippen LogP contribution in [0, 0.1) is 5.92 Å². The first-order chi connectivity index (χ1) is 10.1. The standard InChI is InChI=1S/C14H14N4O3/c19-13(17-12(14(20)21)9-2-3-9)11-8-10(4-6-15-11)18-7-1-5-16-18/h1,4-9,12H,2-3H2,(H,17,19)(H,20,21). The topological polar surface area (TPSA) is 97.1 Å². The summed E-state index contributed by atoms with van der Waals surface area (Å²) in [4.78, 5) is 27.3. The first kappa shape index (κ1) is 13.3. The number of pyridine rings is 1. The molecule has 7 heteroatoms. The number of nitrogens with zero attached hydrogens (tertiary/aromatic N) is 3. The van der Waals surface area contributed by atoms with Gasteiger partial charge in [-0.05, 0) is 37.0 Å². The molecule has 21 heavy (non-hydrogen) atoms. The Morgan fingerprint density at radius 1 is 1.38 bits per heavy atom. The van der Waals surface area contributed by atoms with E-state index in [0.29, 0.717) is 5.69 Å². The third-order valence-corrected chi connectivity index (χ3v) is 3.39. The van der Waals surface area contributed by atoms with Crippen LogP contribution in [0.15, 0.2) is 36.8 Å². The minimum Gasteiger partial charge on any atom is -0.480 e. The molecule has 1 amide bonds. The summed E-state index contributed by atoms with van der Waals surface area (Å²) in [5.41, 5.74) is 0.869. The van der Waals surface area contributed by atoms with Crippen LogP contribution in [0.25, 0.3) is 5.69 Å². The molecule has 7 nitrogen and oxygen atoms in total. The van der Waals surface area contributed by atoms with Crippen molar-refractivity contribution in [1.82, 2.24) is 20.1 Å². The Morgan fingerprint density at radius 2 is 2.19 bits per heavy atom. The van der Waals surface area contributed by atoms with E-state index in [1.807, 2.05) is 0 Å². The van der Waals surface area contributed by atoms with Crippen molar-refractivity contribution in [3.8, 4) is 5.69 Å². The maximum absolute atomic E-state index is 12.1. The van der Waals surface area contributed by atoms with E-state index in [2.05, 4.69) is 15.4 Å². The summed E-state index contributed by atoms with van der Waals surface area (Å²) in [5, 5.41) is 15.7. The summed E-state index contributed by atoms with van der Waals surface area (Å²) >= 11 is 0. The fourth-order valence-corrected chi connectivity index (χ4v) is 2.13. The largest absolute Gasteiger partial charge is 0.480 e. The molecule has 1 aliphatic rings. The minimum absolute atomic E-state index is 0.0285. The van der Waals surface area contributed by atoms with Gasteiger partial charge in [-0.15, -0.1) is 0 Å². The third-order valence-electron chi connectivity index (χ3n) is 3.39. The molecule has 2 heterocycles. The van der Waals surface area contributed by atoms with Crippen LogP contribution >= 0.6 is 0 Å². The number of carboxylic acids is 1. The van der Waals surface area contributed by atoms with Gasteiger partial charge in [0.05, 0.1) is 5.69 Å². The summed E-state index contributed by atoms with van der Waals surface area (Å²) < 4.78 is 1.61. The van der Waals surface area contributed by atoms with Gasteiger partial charge in [0.25, 0.3) is 5.91 Å². The van der Waals surface area contributed by atoms with Crippen molar-refractivity contribution < 1.29 is 14.7 Å². The highest BCUT2D eigenvalue weighted by atomic mass is 16.4. The molecule has 0 radical (unpaired) electrons. The van der Waals surface area contributed by atoms with E-state index in [4.69, 9.17) is 5.11 Å². The number of amides is 1. The van der Waals surface area contributed by atoms with E-state index in [-0.39, 0.29) is 11.6 Å². The Labute approximate surface area is 120 Å². The maximum atomic E-state index is 12.1. The van der Waals surface area contributed by atoms with Gasteiger partial charge in [0, 0.05) is 18.6 Å². The molecule has 108 valence electrons. The molecule has 0 spiro atoms. The number of carbonyl (C=O) groups excluding carboxylic acids is 1. The normalized spacial score (nSPS) is 15.4. The highest BCUT2D eigenvalue weighted by Gasteiger charge is 2.37. The molecule has 1 fully saturated rings. The van der Waals surface area contributed by atoms with E-state index in [0.717, 1.165) is 12.8 Å². The van der Waals surface area contributed by atoms with E-state index < -0.39 is 17.9 Å². The SMILES string of the molecule is O=C(NC(C(=O)O)C1CC1)c1cc(-n2cccn2)ccn1. The van der Waals surface area contributed by atoms with Crippen molar-refractivity contribution in [2.24, 2.45) is 5.92 Å². The van der Waals surface area contributed by atoms with E-state index in [9.17, 15) is 9.59 Å². The summed E-state index contributed by atoms with van der Waals surface area (Å²) in [6, 6.07) is 4.23. The number of hydrogen-bond acceptors (Lipinski definition) is 4. The third kappa shape index (κ3) is 2.91. The Morgan fingerprint density at radius 3 is 2.81 bits per heavy atom. The van der Waals surface area contributed by atoms with Gasteiger partial charge in [-0.3, -0.25) is 9.78 Å². The number of aliphatic carboxylic acids is 1. The Kier molecular flexibility index (Phi) is 3.39. The Bertz CT molecular complexity index is 665. The zero-order valence-electron chi connectivity index (χ0n) is 11.1. The van der Waals surface area contributed by atoms with Gasteiger partial charge in [0.15, 0.2) is 0 Å². The van der Waals surface area contributed by atoms with E-state index in [1.54, 1.807) is 35.3 Å². The smallest absolute Gasteiger partial charge is 0.326 e. The fourth-order valence-electron chi connectivity index (χ4n) is 2.13. The first-order valence-corrected chi connectivity index (χ1v) is 6.65. The van der Waals surface area contributed by atoms with Crippen LogP contribution < -0.4 is 5.32 Å². The molecule has 0 aromatic carbocycles. The average molecular weight is 286 g/mol. The van der Waals surface area contributed by atoms with Crippen LogP contribution in [0.4, 0.5) is 0 Å². The molecule has 0 bridgehead atoms. The van der Waals surface area contributed by atoms with Crippen LogP contribution in [0.2, 0.25) is 0 Å². The van der Waals surface area contributed by atoms with Gasteiger partial charge in [0.2, 0.25) is 0 Å². The lowest BCUT2D eigenvalue weighted by atomic mass is 10.2. The zero-order valence-corrected chi connectivity index (χ0v) is 11.1. The molecular formula is C14H14N4O3. The van der Waals surface area contributed by atoms with Gasteiger partial charge >= 0.3 is 5.97 Å². The summed E-state index contributed by atoms with van der Waals surface area (Å²) in [7, 11) is 0. The van der Waals surface area contributed by atoms with E-state index in [1.165, 1.54) is 6.20 Å². The van der Waals surface area contributed by atoms with Crippen LogP contribution in [0.5, 0.6) is 0 Å². The van der Waals surface area contributed by atoms with Crippen LogP contribution in [0.1, 0.15) is 23.3 Å². The van der Waals surface area contributed by atoms with Crippen molar-refractivity contribution in [2.45, 2.75) is 18.9 Å². The second kappa shape index (κ2) is 5.35. The van der Waals surface area contributed by atoms with Gasteiger partial charge in [-0.25, -0.2) is 9.48 Å². The highest BCUT2D eigenvalue weighted by molar-refractivity contribution is 5.95. The lowest BCUT2D eigenvalue weighted by molar-refractivity contribution is -0.139. The molecule has 0 aliphatic heterocycles. The van der Waals surface area contributed by atoms with Crippen molar-refractivity contribution in [3.05, 3.63) is 42.5 Å². The number of nitrogens with one attached hydrogen (secondary N) is 1. The molecule has 2 aromatic heterocycles. The quantitative estimate of drug-likeness (QED) is 0.849. The number of carbonyl (C=O) groups is 2. The van der Waals surface area contributed by atoms with Gasteiger partial charge in [0.1, 0.15) is 11.7 Å². The number of carboxylic acid groups (broad SMARTS) is 1. The van der Waals surface area contributed by atoms with Crippen LogP contribution in [-0.4, -0.2) is 37.8 Å². The van der Waals surface area contributed by atoms with Gasteiger partial charge < -0.3 is 10.4 Å². The van der Waals surface area contributed by atoms with Gasteiger partial charge in [-0.1, -0.05) is 0 Å². The molecule has 3 rings (SSSR count). The zero-order chi connectivity index (χ0) is 14.8. The predicted molar refractivity (Wildman–Crippen MR) is 73.0 cm³/mol. The number of hydrogen-bond donors (Lipinski definition) is 2. The van der Waals surface area contributed by atoms with Crippen molar-refractivity contribution in [2.75, 3.05) is 0 Å². The molecule has 2 aromatic rings. The molecule has 2 N–H and O–H groups in total. The predicted octanol–water partition coefficient (Wildman–Crippen LogP) is 0.860. The van der Waals surface area contributed by atoms with Crippen molar-refractivity contribution in [3.63, 3.8) is 0 Å². The minimum atomic E-state index is -1.01. The van der Waals surface area contributed by atoms with Crippen LogP contribution in [-0.2, 0) is 4.79 Å². The molecular weight excluding hydrogens is 272 g/mol.